The third-order valence-corrected chi connectivity index (χ3v) is 7.48. The van der Waals surface area contributed by atoms with Crippen molar-refractivity contribution in [3.63, 3.8) is 0 Å². The van der Waals surface area contributed by atoms with Crippen molar-refractivity contribution < 1.29 is 8.42 Å². The molecule has 2 aromatic rings. The Morgan fingerprint density at radius 2 is 2.22 bits per heavy atom. The predicted octanol–water partition coefficient (Wildman–Crippen LogP) is 3.21. The summed E-state index contributed by atoms with van der Waals surface area (Å²) in [7, 11) is -3.34. The Bertz CT molecular complexity index is 661. The van der Waals surface area contributed by atoms with Crippen molar-refractivity contribution in [3.05, 3.63) is 38.4 Å². The van der Waals surface area contributed by atoms with E-state index in [0.717, 1.165) is 16.3 Å². The van der Waals surface area contributed by atoms with Gasteiger partial charge in [0, 0.05) is 18.0 Å². The lowest BCUT2D eigenvalue weighted by molar-refractivity contribution is 0.395. The van der Waals surface area contributed by atoms with E-state index in [1.165, 1.54) is 20.5 Å². The van der Waals surface area contributed by atoms with Crippen LogP contribution < -0.4 is 0 Å². The lowest BCUT2D eigenvalue weighted by Crippen LogP contribution is -2.34. The summed E-state index contributed by atoms with van der Waals surface area (Å²) in [4.78, 5) is 1.21. The molecule has 0 spiro atoms. The minimum absolute atomic E-state index is 0.410. The topological polar surface area (TPSA) is 37.4 Å². The zero-order valence-electron chi connectivity index (χ0n) is 9.30. The van der Waals surface area contributed by atoms with Crippen molar-refractivity contribution in [1.82, 2.24) is 4.31 Å². The molecule has 18 heavy (non-hydrogen) atoms. The number of rotatable bonds is 2. The monoisotopic (exact) mass is 319 g/mol. The van der Waals surface area contributed by atoms with Crippen molar-refractivity contribution in [2.75, 3.05) is 6.54 Å². The Kier molecular flexibility index (Phi) is 3.23. The van der Waals surface area contributed by atoms with E-state index in [0.29, 0.717) is 17.3 Å². The second-order valence-electron chi connectivity index (χ2n) is 4.02. The summed E-state index contributed by atoms with van der Waals surface area (Å²) in [6.07, 6.45) is 0.747. The molecule has 0 fully saturated rings. The normalized spacial score (nSPS) is 16.7. The molecule has 0 saturated carbocycles. The molecular weight excluding hydrogens is 310 g/mol. The highest BCUT2D eigenvalue weighted by Gasteiger charge is 2.29. The van der Waals surface area contributed by atoms with Gasteiger partial charge in [-0.1, -0.05) is 17.7 Å². The molecular formula is C11H10ClNO2S3. The summed E-state index contributed by atoms with van der Waals surface area (Å²) in [5.74, 6) is 0. The van der Waals surface area contributed by atoms with Crippen molar-refractivity contribution in [1.29, 1.82) is 0 Å². The second-order valence-corrected chi connectivity index (χ2v) is 8.90. The maximum Gasteiger partial charge on any atom is 0.252 e. The van der Waals surface area contributed by atoms with Crippen LogP contribution in [0.2, 0.25) is 4.34 Å². The number of nitrogens with zero attached hydrogens (tertiary/aromatic N) is 1. The van der Waals surface area contributed by atoms with Crippen LogP contribution >= 0.6 is 34.3 Å². The van der Waals surface area contributed by atoms with E-state index < -0.39 is 10.0 Å². The number of hydrogen-bond donors (Lipinski definition) is 0. The summed E-state index contributed by atoms with van der Waals surface area (Å²) >= 11 is 8.77. The summed E-state index contributed by atoms with van der Waals surface area (Å²) in [6.45, 7) is 0.961. The largest absolute Gasteiger partial charge is 0.252 e. The smallest absolute Gasteiger partial charge is 0.206 e. The highest BCUT2D eigenvalue weighted by atomic mass is 35.5. The van der Waals surface area contributed by atoms with E-state index in [9.17, 15) is 8.42 Å². The highest BCUT2D eigenvalue weighted by molar-refractivity contribution is 7.91. The first-order valence-electron chi connectivity index (χ1n) is 5.38. The minimum Gasteiger partial charge on any atom is -0.206 e. The number of halogens is 1. The maximum absolute atomic E-state index is 12.4. The molecule has 0 bridgehead atoms. The molecule has 0 aromatic carbocycles. The van der Waals surface area contributed by atoms with E-state index >= 15 is 0 Å². The van der Waals surface area contributed by atoms with Crippen molar-refractivity contribution in [3.8, 4) is 0 Å². The Labute approximate surface area is 119 Å². The molecule has 7 heteroatoms. The molecule has 0 saturated heterocycles. The van der Waals surface area contributed by atoms with Crippen LogP contribution in [0.1, 0.15) is 10.4 Å². The van der Waals surface area contributed by atoms with Crippen molar-refractivity contribution >= 4 is 44.3 Å². The van der Waals surface area contributed by atoms with Gasteiger partial charge in [-0.2, -0.15) is 4.31 Å². The lowest BCUT2D eigenvalue weighted by Gasteiger charge is -2.25. The maximum atomic E-state index is 12.4. The van der Waals surface area contributed by atoms with Gasteiger partial charge < -0.3 is 0 Å². The summed E-state index contributed by atoms with van der Waals surface area (Å²) in [5.41, 5.74) is 1.04. The standard InChI is InChI=1S/C11H10ClNO2S3/c12-10-6-8-7-13(4-3-9(8)17-10)18(14,15)11-2-1-5-16-11/h1-2,5-6H,3-4,7H2. The van der Waals surface area contributed by atoms with Gasteiger partial charge in [-0.3, -0.25) is 0 Å². The molecule has 1 aliphatic rings. The molecule has 0 amide bonds. The summed E-state index contributed by atoms with van der Waals surface area (Å²) in [6, 6.07) is 5.28. The lowest BCUT2D eigenvalue weighted by atomic mass is 10.1. The van der Waals surface area contributed by atoms with Crippen molar-refractivity contribution in [2.24, 2.45) is 0 Å². The zero-order chi connectivity index (χ0) is 12.8. The minimum atomic E-state index is -3.34. The van der Waals surface area contributed by atoms with Gasteiger partial charge in [0.15, 0.2) is 0 Å². The third-order valence-electron chi connectivity index (χ3n) is 2.89. The van der Waals surface area contributed by atoms with Crippen LogP contribution in [0.4, 0.5) is 0 Å². The molecule has 3 nitrogen and oxygen atoms in total. The molecule has 1 aliphatic heterocycles. The van der Waals surface area contributed by atoms with Crippen LogP contribution in [0, 0.1) is 0 Å². The summed E-state index contributed by atoms with van der Waals surface area (Å²) < 4.78 is 27.4. The van der Waals surface area contributed by atoms with Crippen LogP contribution in [0.15, 0.2) is 27.8 Å². The SMILES string of the molecule is O=S(=O)(c1cccs1)N1CCc2sc(Cl)cc2C1. The average molecular weight is 320 g/mol. The van der Waals surface area contributed by atoms with Crippen LogP contribution in [0.5, 0.6) is 0 Å². The molecule has 3 heterocycles. The van der Waals surface area contributed by atoms with Crippen LogP contribution in [-0.4, -0.2) is 19.3 Å². The Morgan fingerprint density at radius 3 is 2.94 bits per heavy atom. The first-order chi connectivity index (χ1) is 8.57. The Balaban J connectivity index is 1.92. The van der Waals surface area contributed by atoms with E-state index in [-0.39, 0.29) is 0 Å². The highest BCUT2D eigenvalue weighted by Crippen LogP contribution is 2.33. The first-order valence-corrected chi connectivity index (χ1v) is 8.89. The van der Waals surface area contributed by atoms with Crippen LogP contribution in [0.3, 0.4) is 0 Å². The number of sulfonamides is 1. The van der Waals surface area contributed by atoms with E-state index in [1.807, 2.05) is 6.07 Å². The average Bonchev–Trinajstić information content (AvgIpc) is 2.95. The molecule has 0 radical (unpaired) electrons. The number of fused-ring (bicyclic) bond motifs is 1. The van der Waals surface area contributed by atoms with Gasteiger partial charge in [0.2, 0.25) is 0 Å². The third kappa shape index (κ3) is 2.12. The van der Waals surface area contributed by atoms with E-state index in [4.69, 9.17) is 11.6 Å². The fourth-order valence-corrected chi connectivity index (χ4v) is 5.87. The molecule has 0 atom stereocenters. The fourth-order valence-electron chi connectivity index (χ4n) is 2.01. The van der Waals surface area contributed by atoms with Crippen LogP contribution in [0.25, 0.3) is 0 Å². The second kappa shape index (κ2) is 4.61. The zero-order valence-corrected chi connectivity index (χ0v) is 12.5. The van der Waals surface area contributed by atoms with Gasteiger partial charge in [-0.15, -0.1) is 22.7 Å². The molecule has 0 unspecified atom stereocenters. The first kappa shape index (κ1) is 12.6. The van der Waals surface area contributed by atoms with Gasteiger partial charge in [-0.25, -0.2) is 8.42 Å². The molecule has 96 valence electrons. The van der Waals surface area contributed by atoms with Crippen LogP contribution in [-0.2, 0) is 23.0 Å². The van der Waals surface area contributed by atoms with Gasteiger partial charge in [0.1, 0.15) is 4.21 Å². The van der Waals surface area contributed by atoms with Gasteiger partial charge in [0.05, 0.1) is 4.34 Å². The van der Waals surface area contributed by atoms with E-state index in [1.54, 1.807) is 28.8 Å². The summed E-state index contributed by atoms with van der Waals surface area (Å²) in [5, 5.41) is 1.78. The predicted molar refractivity (Wildman–Crippen MR) is 74.9 cm³/mol. The Morgan fingerprint density at radius 1 is 1.39 bits per heavy atom. The molecule has 2 aromatic heterocycles. The quantitative estimate of drug-likeness (QED) is 0.852. The Hall–Kier alpha value is -0.400. The molecule has 0 aliphatic carbocycles. The molecule has 3 rings (SSSR count). The molecule has 0 N–H and O–H groups in total. The van der Waals surface area contributed by atoms with Gasteiger partial charge in [-0.05, 0) is 29.5 Å². The van der Waals surface area contributed by atoms with Crippen molar-refractivity contribution in [2.45, 2.75) is 17.2 Å². The van der Waals surface area contributed by atoms with E-state index in [2.05, 4.69) is 0 Å². The van der Waals surface area contributed by atoms with Gasteiger partial charge >= 0.3 is 0 Å². The fraction of sp³-hybridized carbons (Fsp3) is 0.273. The number of thiophene rings is 2. The number of hydrogen-bond acceptors (Lipinski definition) is 4. The van der Waals surface area contributed by atoms with Gasteiger partial charge in [0.25, 0.3) is 10.0 Å².